The SMILES string of the molecule is COc1ccc(Oc2nc(-c3ccccc3)ncc2OC(=O)O)c(Cl)c1. The third-order valence-electron chi connectivity index (χ3n) is 3.30. The molecule has 0 atom stereocenters. The van der Waals surface area contributed by atoms with Crippen LogP contribution in [-0.2, 0) is 0 Å². The lowest BCUT2D eigenvalue weighted by Gasteiger charge is -2.12. The van der Waals surface area contributed by atoms with Gasteiger partial charge in [0.2, 0.25) is 5.75 Å². The number of aromatic nitrogens is 2. The Kier molecular flexibility index (Phi) is 5.19. The van der Waals surface area contributed by atoms with E-state index in [1.165, 1.54) is 13.3 Å². The van der Waals surface area contributed by atoms with Gasteiger partial charge >= 0.3 is 6.16 Å². The van der Waals surface area contributed by atoms with Gasteiger partial charge in [0.1, 0.15) is 11.5 Å². The highest BCUT2D eigenvalue weighted by Gasteiger charge is 2.16. The van der Waals surface area contributed by atoms with Crippen molar-refractivity contribution >= 4 is 17.8 Å². The van der Waals surface area contributed by atoms with Crippen LogP contribution in [0.25, 0.3) is 11.4 Å². The molecule has 0 bridgehead atoms. The topological polar surface area (TPSA) is 90.8 Å². The lowest BCUT2D eigenvalue weighted by molar-refractivity contribution is 0.142. The average Bonchev–Trinajstić information content (AvgIpc) is 2.65. The zero-order chi connectivity index (χ0) is 18.5. The molecule has 0 saturated carbocycles. The molecule has 3 rings (SSSR count). The molecule has 1 heterocycles. The summed E-state index contributed by atoms with van der Waals surface area (Å²) >= 11 is 6.17. The van der Waals surface area contributed by atoms with E-state index in [9.17, 15) is 4.79 Å². The fourth-order valence-electron chi connectivity index (χ4n) is 2.11. The summed E-state index contributed by atoms with van der Waals surface area (Å²) in [7, 11) is 1.52. The Labute approximate surface area is 153 Å². The van der Waals surface area contributed by atoms with Crippen LogP contribution in [0.5, 0.6) is 23.1 Å². The van der Waals surface area contributed by atoms with Crippen LogP contribution < -0.4 is 14.2 Å². The molecular formula is C18H13ClN2O5. The van der Waals surface area contributed by atoms with Gasteiger partial charge in [0, 0.05) is 11.6 Å². The third-order valence-corrected chi connectivity index (χ3v) is 3.59. The zero-order valence-corrected chi connectivity index (χ0v) is 14.3. The van der Waals surface area contributed by atoms with Gasteiger partial charge in [-0.3, -0.25) is 0 Å². The Morgan fingerprint density at radius 1 is 1.12 bits per heavy atom. The van der Waals surface area contributed by atoms with Crippen molar-refractivity contribution < 1.29 is 24.1 Å². The molecule has 26 heavy (non-hydrogen) atoms. The fraction of sp³-hybridized carbons (Fsp3) is 0.0556. The number of nitrogens with zero attached hydrogens (tertiary/aromatic N) is 2. The van der Waals surface area contributed by atoms with Gasteiger partial charge < -0.3 is 19.3 Å². The molecule has 1 N–H and O–H groups in total. The number of hydrogen-bond donors (Lipinski definition) is 1. The lowest BCUT2D eigenvalue weighted by atomic mass is 10.2. The monoisotopic (exact) mass is 372 g/mol. The second-order valence-electron chi connectivity index (χ2n) is 5.00. The number of halogens is 1. The first-order valence-electron chi connectivity index (χ1n) is 7.41. The van der Waals surface area contributed by atoms with Crippen LogP contribution >= 0.6 is 11.6 Å². The summed E-state index contributed by atoms with van der Waals surface area (Å²) in [5.41, 5.74) is 0.736. The van der Waals surface area contributed by atoms with E-state index in [0.29, 0.717) is 11.6 Å². The van der Waals surface area contributed by atoms with Gasteiger partial charge in [0.15, 0.2) is 5.82 Å². The first kappa shape index (κ1) is 17.5. The fourth-order valence-corrected chi connectivity index (χ4v) is 2.32. The summed E-state index contributed by atoms with van der Waals surface area (Å²) in [5, 5.41) is 9.16. The van der Waals surface area contributed by atoms with Crippen molar-refractivity contribution in [1.82, 2.24) is 9.97 Å². The molecule has 0 aliphatic rings. The average molecular weight is 373 g/mol. The zero-order valence-electron chi connectivity index (χ0n) is 13.5. The number of methoxy groups -OCH3 is 1. The Morgan fingerprint density at radius 2 is 1.88 bits per heavy atom. The minimum atomic E-state index is -1.51. The van der Waals surface area contributed by atoms with E-state index < -0.39 is 6.16 Å². The van der Waals surface area contributed by atoms with Crippen molar-refractivity contribution in [3.63, 3.8) is 0 Å². The molecule has 0 unspecified atom stereocenters. The highest BCUT2D eigenvalue weighted by atomic mass is 35.5. The molecular weight excluding hydrogens is 360 g/mol. The van der Waals surface area contributed by atoms with Crippen molar-refractivity contribution in [2.24, 2.45) is 0 Å². The van der Waals surface area contributed by atoms with E-state index in [-0.39, 0.29) is 22.4 Å². The highest BCUT2D eigenvalue weighted by Crippen LogP contribution is 2.36. The molecule has 2 aromatic carbocycles. The van der Waals surface area contributed by atoms with Gasteiger partial charge in [-0.1, -0.05) is 41.9 Å². The predicted molar refractivity (Wildman–Crippen MR) is 94.2 cm³/mol. The van der Waals surface area contributed by atoms with E-state index in [4.69, 9.17) is 30.9 Å². The summed E-state index contributed by atoms with van der Waals surface area (Å²) in [6, 6.07) is 14.0. The second kappa shape index (κ2) is 7.71. The molecule has 0 aliphatic carbocycles. The van der Waals surface area contributed by atoms with E-state index in [2.05, 4.69) is 9.97 Å². The number of carboxylic acid groups (broad SMARTS) is 1. The summed E-state index contributed by atoms with van der Waals surface area (Å²) in [6.07, 6.45) is -0.275. The van der Waals surface area contributed by atoms with Crippen LogP contribution in [0.4, 0.5) is 4.79 Å². The molecule has 8 heteroatoms. The van der Waals surface area contributed by atoms with E-state index in [1.54, 1.807) is 18.2 Å². The molecule has 1 aromatic heterocycles. The largest absolute Gasteiger partial charge is 0.511 e. The molecule has 0 amide bonds. The van der Waals surface area contributed by atoms with Crippen LogP contribution in [0.2, 0.25) is 5.02 Å². The Balaban J connectivity index is 2.00. The summed E-state index contributed by atoms with van der Waals surface area (Å²) in [6.45, 7) is 0. The predicted octanol–water partition coefficient (Wildman–Crippen LogP) is 4.65. The van der Waals surface area contributed by atoms with Crippen LogP contribution in [0.15, 0.2) is 54.7 Å². The number of ether oxygens (including phenoxy) is 3. The van der Waals surface area contributed by atoms with E-state index >= 15 is 0 Å². The third kappa shape index (κ3) is 4.01. The smallest absolute Gasteiger partial charge is 0.497 e. The van der Waals surface area contributed by atoms with E-state index in [0.717, 1.165) is 5.56 Å². The lowest BCUT2D eigenvalue weighted by Crippen LogP contribution is -2.06. The standard InChI is InChI=1S/C18H13ClN2O5/c1-24-12-7-8-14(13(19)9-12)25-17-15(26-18(22)23)10-20-16(21-17)11-5-3-2-4-6-11/h2-10H,1H3,(H,22,23). The summed E-state index contributed by atoms with van der Waals surface area (Å²) < 4.78 is 15.5. The normalized spacial score (nSPS) is 10.2. The van der Waals surface area contributed by atoms with Crippen molar-refractivity contribution in [3.05, 3.63) is 59.8 Å². The van der Waals surface area contributed by atoms with Gasteiger partial charge in [-0.15, -0.1) is 0 Å². The first-order chi connectivity index (χ1) is 12.6. The van der Waals surface area contributed by atoms with Crippen LogP contribution in [0, 0.1) is 0 Å². The molecule has 0 spiro atoms. The van der Waals surface area contributed by atoms with Crippen molar-refractivity contribution in [2.45, 2.75) is 0 Å². The quantitative estimate of drug-likeness (QED) is 0.651. The van der Waals surface area contributed by atoms with Gasteiger partial charge in [0.05, 0.1) is 18.3 Å². The summed E-state index contributed by atoms with van der Waals surface area (Å²) in [5.74, 6) is 0.942. The van der Waals surface area contributed by atoms with Gasteiger partial charge in [-0.05, 0) is 12.1 Å². The number of hydrogen-bond acceptors (Lipinski definition) is 6. The molecule has 3 aromatic rings. The number of rotatable bonds is 5. The molecule has 0 radical (unpaired) electrons. The molecule has 0 saturated heterocycles. The minimum Gasteiger partial charge on any atom is -0.497 e. The Hall–Kier alpha value is -3.32. The Bertz CT molecular complexity index is 934. The maximum Gasteiger partial charge on any atom is 0.511 e. The molecule has 132 valence electrons. The first-order valence-corrected chi connectivity index (χ1v) is 7.79. The van der Waals surface area contributed by atoms with E-state index in [1.807, 2.05) is 30.3 Å². The molecule has 7 nitrogen and oxygen atoms in total. The second-order valence-corrected chi connectivity index (χ2v) is 5.40. The molecule has 0 fully saturated rings. The Morgan fingerprint density at radius 3 is 2.54 bits per heavy atom. The van der Waals surface area contributed by atoms with Crippen LogP contribution in [-0.4, -0.2) is 28.3 Å². The van der Waals surface area contributed by atoms with Crippen molar-refractivity contribution in [1.29, 1.82) is 0 Å². The van der Waals surface area contributed by atoms with Crippen LogP contribution in [0.1, 0.15) is 0 Å². The summed E-state index contributed by atoms with van der Waals surface area (Å²) in [4.78, 5) is 19.3. The minimum absolute atomic E-state index is 0.0756. The van der Waals surface area contributed by atoms with Crippen molar-refractivity contribution in [2.75, 3.05) is 7.11 Å². The molecule has 0 aliphatic heterocycles. The van der Waals surface area contributed by atoms with Crippen LogP contribution in [0.3, 0.4) is 0 Å². The highest BCUT2D eigenvalue weighted by molar-refractivity contribution is 6.32. The number of benzene rings is 2. The number of carbonyl (C=O) groups is 1. The van der Waals surface area contributed by atoms with Gasteiger partial charge in [-0.2, -0.15) is 4.98 Å². The van der Waals surface area contributed by atoms with Crippen molar-refractivity contribution in [3.8, 4) is 34.5 Å². The maximum atomic E-state index is 10.9. The van der Waals surface area contributed by atoms with Gasteiger partial charge in [-0.25, -0.2) is 9.78 Å². The van der Waals surface area contributed by atoms with Gasteiger partial charge in [0.25, 0.3) is 5.88 Å². The maximum absolute atomic E-state index is 10.9.